The first-order valence-electron chi connectivity index (χ1n) is 10.0. The van der Waals surface area contributed by atoms with Crippen LogP contribution in [0.25, 0.3) is 0 Å². The van der Waals surface area contributed by atoms with E-state index in [9.17, 15) is 33.9 Å². The van der Waals surface area contributed by atoms with E-state index in [1.165, 1.54) is 38.5 Å². The number of sulfonamides is 1. The van der Waals surface area contributed by atoms with Gasteiger partial charge in [-0.2, -0.15) is 10.5 Å². The maximum Gasteiger partial charge on any atom is 0.271 e. The Hall–Kier alpha value is -4.16. The molecular weight excluding hydrogens is 464 g/mol. The van der Waals surface area contributed by atoms with Crippen LogP contribution in [0.1, 0.15) is 31.2 Å². The Bertz CT molecular complexity index is 1310. The van der Waals surface area contributed by atoms with E-state index in [0.717, 1.165) is 12.1 Å². The van der Waals surface area contributed by atoms with Crippen molar-refractivity contribution in [1.82, 2.24) is 0 Å². The van der Waals surface area contributed by atoms with Gasteiger partial charge in [0.2, 0.25) is 0 Å². The number of hydrogen-bond donors (Lipinski definition) is 0. The molecule has 0 radical (unpaired) electrons. The zero-order valence-corrected chi connectivity index (χ0v) is 19.2. The van der Waals surface area contributed by atoms with Crippen molar-refractivity contribution in [2.75, 3.05) is 18.5 Å². The van der Waals surface area contributed by atoms with Gasteiger partial charge in [-0.05, 0) is 36.6 Å². The molecule has 0 unspecified atom stereocenters. The highest BCUT2D eigenvalue weighted by molar-refractivity contribution is 7.93. The van der Waals surface area contributed by atoms with Crippen molar-refractivity contribution in [2.45, 2.75) is 36.0 Å². The molecule has 1 heterocycles. The van der Waals surface area contributed by atoms with Crippen LogP contribution < -0.4 is 13.8 Å². The first-order chi connectivity index (χ1) is 16.2. The zero-order chi connectivity index (χ0) is 25.1. The monoisotopic (exact) mass is 484 g/mol. The lowest BCUT2D eigenvalue weighted by Gasteiger charge is -2.42. The molecule has 0 aliphatic carbocycles. The molecule has 0 aromatic heterocycles. The Labute approximate surface area is 195 Å². The third-order valence-corrected chi connectivity index (χ3v) is 7.49. The number of fused-ring (bicyclic) bond motifs is 1. The Kier molecular flexibility index (Phi) is 6.75. The lowest BCUT2D eigenvalue weighted by atomic mass is 9.72. The lowest BCUT2D eigenvalue weighted by molar-refractivity contribution is -0.384. The number of rotatable bonds is 8. The summed E-state index contributed by atoms with van der Waals surface area (Å²) in [4.78, 5) is 24.1. The predicted octanol–water partition coefficient (Wildman–Crippen LogP) is 3.19. The number of hydrogen-bond acceptors (Lipinski definition) is 9. The summed E-state index contributed by atoms with van der Waals surface area (Å²) in [6.45, 7) is 0. The molecule has 2 aromatic rings. The highest BCUT2D eigenvalue weighted by atomic mass is 32.2. The molecule has 11 nitrogen and oxygen atoms in total. The molecule has 0 bridgehead atoms. The summed E-state index contributed by atoms with van der Waals surface area (Å²) in [5.41, 5.74) is -1.81. The maximum absolute atomic E-state index is 13.9. The number of anilines is 1. The molecule has 2 aromatic carbocycles. The van der Waals surface area contributed by atoms with Crippen LogP contribution in [0, 0.1) is 32.8 Å². The lowest BCUT2D eigenvalue weighted by Crippen LogP contribution is -2.54. The Balaban J connectivity index is 2.38. The number of carbonyl (C=O) groups excluding carboxylic acids is 1. The summed E-state index contributed by atoms with van der Waals surface area (Å²) in [7, 11) is -1.79. The number of carbonyl (C=O) groups is 1. The molecule has 176 valence electrons. The minimum Gasteiger partial charge on any atom is -0.493 e. The second-order valence-corrected chi connectivity index (χ2v) is 9.20. The molecule has 0 saturated heterocycles. The van der Waals surface area contributed by atoms with Gasteiger partial charge in [-0.25, -0.2) is 12.7 Å². The van der Waals surface area contributed by atoms with Gasteiger partial charge in [0.05, 0.1) is 47.3 Å². The Morgan fingerprint density at radius 3 is 2.03 bits per heavy atom. The number of non-ortho nitro benzene ring substituents is 1. The van der Waals surface area contributed by atoms with E-state index in [1.54, 1.807) is 0 Å². The number of methoxy groups -OCH3 is 2. The molecule has 3 rings (SSSR count). The van der Waals surface area contributed by atoms with Crippen molar-refractivity contribution in [3.8, 4) is 23.6 Å². The van der Waals surface area contributed by atoms with Crippen LogP contribution in [0.2, 0.25) is 0 Å². The fraction of sp³-hybridized carbons (Fsp3) is 0.318. The number of nitriles is 2. The molecule has 12 heteroatoms. The van der Waals surface area contributed by atoms with Gasteiger partial charge < -0.3 is 9.47 Å². The predicted molar refractivity (Wildman–Crippen MR) is 119 cm³/mol. The quantitative estimate of drug-likeness (QED) is 0.404. The highest BCUT2D eigenvalue weighted by Gasteiger charge is 2.54. The van der Waals surface area contributed by atoms with Crippen molar-refractivity contribution < 1.29 is 27.6 Å². The van der Waals surface area contributed by atoms with Gasteiger partial charge >= 0.3 is 0 Å². The second-order valence-electron chi connectivity index (χ2n) is 7.45. The molecule has 34 heavy (non-hydrogen) atoms. The molecule has 1 amide bonds. The summed E-state index contributed by atoms with van der Waals surface area (Å²) in [5.74, 6) is -0.560. The van der Waals surface area contributed by atoms with Gasteiger partial charge in [0, 0.05) is 31.0 Å². The topological polar surface area (TPSA) is 164 Å². The third-order valence-electron chi connectivity index (χ3n) is 5.74. The fourth-order valence-electron chi connectivity index (χ4n) is 4.08. The number of benzene rings is 2. The van der Waals surface area contributed by atoms with Gasteiger partial charge in [0.25, 0.3) is 21.6 Å². The summed E-state index contributed by atoms with van der Waals surface area (Å²) in [5, 5.41) is 29.5. The van der Waals surface area contributed by atoms with Gasteiger partial charge in [-0.1, -0.05) is 0 Å². The standard InChI is InChI=1S/C22H20N4O7S/c1-32-18-13-17-20(14-19(18)33-2)34(30,31)25(15-5-7-16(8-6-15)26(28)29)21(27)22(17,9-3-11-23)10-4-12-24/h5-8,13-14H,3-4,9-10H2,1-2H3. The van der Waals surface area contributed by atoms with Gasteiger partial charge in [0.15, 0.2) is 11.5 Å². The van der Waals surface area contributed by atoms with Gasteiger partial charge in [-0.15, -0.1) is 0 Å². The van der Waals surface area contributed by atoms with Crippen molar-refractivity contribution in [3.05, 3.63) is 52.1 Å². The molecule has 0 spiro atoms. The second kappa shape index (κ2) is 9.37. The molecule has 0 fully saturated rings. The number of nitro groups is 1. The smallest absolute Gasteiger partial charge is 0.271 e. The van der Waals surface area contributed by atoms with Crippen molar-refractivity contribution in [2.24, 2.45) is 0 Å². The SMILES string of the molecule is COc1cc2c(cc1OC)S(=O)(=O)N(c1ccc([N+](=O)[O-])cc1)C(=O)C2(CCC#N)CCC#N. The van der Waals surface area contributed by atoms with E-state index in [0.29, 0.717) is 4.31 Å². The number of amides is 1. The van der Waals surface area contributed by atoms with E-state index < -0.39 is 26.3 Å². The molecule has 0 saturated carbocycles. The molecule has 0 N–H and O–H groups in total. The molecule has 1 aliphatic rings. The van der Waals surface area contributed by atoms with E-state index >= 15 is 0 Å². The van der Waals surface area contributed by atoms with Crippen LogP contribution in [0.4, 0.5) is 11.4 Å². The fourth-order valence-corrected chi connectivity index (χ4v) is 5.85. The average molecular weight is 484 g/mol. The number of ether oxygens (including phenoxy) is 2. The van der Waals surface area contributed by atoms with Crippen LogP contribution in [0.15, 0.2) is 41.3 Å². The third kappa shape index (κ3) is 3.89. The van der Waals surface area contributed by atoms with Gasteiger partial charge in [-0.3, -0.25) is 14.9 Å². The minimum atomic E-state index is -4.48. The largest absolute Gasteiger partial charge is 0.493 e. The average Bonchev–Trinajstić information content (AvgIpc) is 2.83. The van der Waals surface area contributed by atoms with Crippen molar-refractivity contribution in [3.63, 3.8) is 0 Å². The van der Waals surface area contributed by atoms with E-state index in [2.05, 4.69) is 0 Å². The van der Waals surface area contributed by atoms with Crippen molar-refractivity contribution in [1.29, 1.82) is 10.5 Å². The summed E-state index contributed by atoms with van der Waals surface area (Å²) >= 11 is 0. The maximum atomic E-state index is 13.9. The van der Waals surface area contributed by atoms with E-state index in [4.69, 9.17) is 9.47 Å². The normalized spacial score (nSPS) is 15.5. The van der Waals surface area contributed by atoms with Crippen LogP contribution in [-0.2, 0) is 20.2 Å². The van der Waals surface area contributed by atoms with Crippen LogP contribution in [0.5, 0.6) is 11.5 Å². The number of nitrogens with zero attached hydrogens (tertiary/aromatic N) is 4. The van der Waals surface area contributed by atoms with E-state index in [-0.39, 0.29) is 59.0 Å². The number of nitro benzene ring substituents is 1. The van der Waals surface area contributed by atoms with Gasteiger partial charge in [0.1, 0.15) is 0 Å². The minimum absolute atomic E-state index is 0.0501. The first-order valence-corrected chi connectivity index (χ1v) is 11.5. The van der Waals surface area contributed by atoms with E-state index in [1.807, 2.05) is 12.1 Å². The molecule has 1 aliphatic heterocycles. The van der Waals surface area contributed by atoms with Crippen LogP contribution in [0.3, 0.4) is 0 Å². The zero-order valence-electron chi connectivity index (χ0n) is 18.3. The first kappa shape index (κ1) is 24.5. The summed E-state index contributed by atoms with van der Waals surface area (Å²) < 4.78 is 38.5. The molecule has 0 atom stereocenters. The van der Waals surface area contributed by atoms with Crippen LogP contribution >= 0.6 is 0 Å². The Morgan fingerprint density at radius 1 is 1.03 bits per heavy atom. The summed E-state index contributed by atoms with van der Waals surface area (Å²) in [6.07, 6.45) is -0.269. The molecular formula is C22H20N4O7S. The highest BCUT2D eigenvalue weighted by Crippen LogP contribution is 2.49. The van der Waals surface area contributed by atoms with Crippen molar-refractivity contribution >= 4 is 27.3 Å². The Morgan fingerprint density at radius 2 is 1.56 bits per heavy atom. The van der Waals surface area contributed by atoms with Crippen LogP contribution in [-0.4, -0.2) is 33.5 Å². The summed E-state index contributed by atoms with van der Waals surface area (Å²) in [6, 6.07) is 11.1.